The van der Waals surface area contributed by atoms with Crippen LogP contribution in [-0.2, 0) is 6.42 Å². The molecule has 3 aromatic rings. The van der Waals surface area contributed by atoms with E-state index < -0.39 is 5.72 Å². The van der Waals surface area contributed by atoms with Gasteiger partial charge in [-0.25, -0.2) is 9.78 Å². The number of rotatable bonds is 4. The number of ether oxygens (including phenoxy) is 1. The van der Waals surface area contributed by atoms with E-state index in [4.69, 9.17) is 4.74 Å². The third-order valence-corrected chi connectivity index (χ3v) is 7.32. The number of aromatic nitrogens is 2. The Morgan fingerprint density at radius 2 is 1.72 bits per heavy atom. The third-order valence-electron chi connectivity index (χ3n) is 7.32. The molecule has 36 heavy (non-hydrogen) atoms. The van der Waals surface area contributed by atoms with Gasteiger partial charge in [-0.15, -0.1) is 0 Å². The zero-order valence-electron chi connectivity index (χ0n) is 20.9. The molecule has 1 aromatic heterocycles. The molecule has 10 heteroatoms. The second-order valence-corrected chi connectivity index (χ2v) is 9.69. The molecule has 1 N–H and O–H groups in total. The first-order valence-corrected chi connectivity index (χ1v) is 12.0. The van der Waals surface area contributed by atoms with Crippen LogP contribution < -0.4 is 15.0 Å². The second kappa shape index (κ2) is 8.85. The average Bonchev–Trinajstić information content (AvgIpc) is 3.51. The molecule has 0 radical (unpaired) electrons. The Hall–Kier alpha value is -4.08. The van der Waals surface area contributed by atoms with Crippen LogP contribution >= 0.6 is 0 Å². The van der Waals surface area contributed by atoms with E-state index in [9.17, 15) is 14.9 Å². The van der Waals surface area contributed by atoms with Gasteiger partial charge in [0.2, 0.25) is 0 Å². The first-order valence-electron chi connectivity index (χ1n) is 12.0. The number of nitro benzene ring substituents is 1. The van der Waals surface area contributed by atoms with Crippen molar-refractivity contribution < 1.29 is 14.5 Å². The van der Waals surface area contributed by atoms with Gasteiger partial charge in [0.25, 0.3) is 5.69 Å². The SMILES string of the molecule is Cc1c(C)c([N+](=O)[O-])c(C)c2c1OC(C)(NC(=O)N1CCN(c3ccc(-n4ccnc4)cc3)CC1)C2. The van der Waals surface area contributed by atoms with E-state index >= 15 is 0 Å². The Morgan fingerprint density at radius 3 is 2.33 bits per heavy atom. The van der Waals surface area contributed by atoms with Crippen molar-refractivity contribution in [3.05, 3.63) is 75.4 Å². The fourth-order valence-electron chi connectivity index (χ4n) is 5.18. The molecular weight excluding hydrogens is 460 g/mol. The van der Waals surface area contributed by atoms with Gasteiger partial charge in [-0.05, 0) is 52.0 Å². The lowest BCUT2D eigenvalue weighted by atomic mass is 9.94. The number of nitrogens with zero attached hydrogens (tertiary/aromatic N) is 5. The van der Waals surface area contributed by atoms with Crippen molar-refractivity contribution >= 4 is 17.4 Å². The van der Waals surface area contributed by atoms with Crippen molar-refractivity contribution in [3.8, 4) is 11.4 Å². The van der Waals surface area contributed by atoms with Crippen LogP contribution in [0.15, 0.2) is 43.0 Å². The second-order valence-electron chi connectivity index (χ2n) is 9.69. The molecule has 1 atom stereocenters. The Morgan fingerprint density at radius 1 is 1.06 bits per heavy atom. The number of nitrogens with one attached hydrogen (secondary N) is 1. The number of hydrogen-bond acceptors (Lipinski definition) is 6. The minimum atomic E-state index is -0.961. The normalized spacial score (nSPS) is 19.1. The maximum atomic E-state index is 13.1. The minimum Gasteiger partial charge on any atom is -0.467 e. The minimum absolute atomic E-state index is 0.125. The number of imidazole rings is 1. The molecule has 1 unspecified atom stereocenters. The standard InChI is InChI=1S/C26H30N6O4/c1-17-18(2)24-22(19(3)23(17)32(34)35)15-26(4,36-24)28-25(33)30-13-11-29(12-14-30)20-5-7-21(8-6-20)31-10-9-27-16-31/h5-10,16H,11-15H2,1-4H3,(H,28,33). The van der Waals surface area contributed by atoms with Crippen LogP contribution in [0.2, 0.25) is 0 Å². The highest BCUT2D eigenvalue weighted by Crippen LogP contribution is 2.44. The van der Waals surface area contributed by atoms with Crippen molar-refractivity contribution in [1.82, 2.24) is 19.8 Å². The van der Waals surface area contributed by atoms with Crippen molar-refractivity contribution in [2.45, 2.75) is 39.8 Å². The highest BCUT2D eigenvalue weighted by atomic mass is 16.6. The molecule has 0 aliphatic carbocycles. The fourth-order valence-corrected chi connectivity index (χ4v) is 5.18. The lowest BCUT2D eigenvalue weighted by Crippen LogP contribution is -2.58. The molecule has 1 saturated heterocycles. The van der Waals surface area contributed by atoms with Crippen molar-refractivity contribution in [1.29, 1.82) is 0 Å². The Balaban J connectivity index is 1.22. The maximum Gasteiger partial charge on any atom is 0.320 e. The molecule has 2 aliphatic rings. The quantitative estimate of drug-likeness (QED) is 0.439. The number of fused-ring (bicyclic) bond motifs is 1. The molecule has 10 nitrogen and oxygen atoms in total. The summed E-state index contributed by atoms with van der Waals surface area (Å²) in [7, 11) is 0. The zero-order valence-corrected chi connectivity index (χ0v) is 20.9. The first-order chi connectivity index (χ1) is 17.2. The van der Waals surface area contributed by atoms with E-state index in [1.807, 2.05) is 24.6 Å². The zero-order chi connectivity index (χ0) is 25.6. The number of carbonyl (C=O) groups is 1. The van der Waals surface area contributed by atoms with Crippen molar-refractivity contribution in [2.24, 2.45) is 0 Å². The Labute approximate surface area is 209 Å². The molecule has 2 aliphatic heterocycles. The molecule has 0 saturated carbocycles. The van der Waals surface area contributed by atoms with Crippen LogP contribution in [-0.4, -0.2) is 57.3 Å². The van der Waals surface area contributed by atoms with Gasteiger partial charge in [-0.3, -0.25) is 15.4 Å². The summed E-state index contributed by atoms with van der Waals surface area (Å²) in [6.45, 7) is 9.75. The van der Waals surface area contributed by atoms with Gasteiger partial charge in [0.05, 0.1) is 11.3 Å². The van der Waals surface area contributed by atoms with E-state index in [0.717, 1.165) is 35.6 Å². The summed E-state index contributed by atoms with van der Waals surface area (Å²) in [5.41, 5.74) is 4.06. The average molecular weight is 491 g/mol. The molecule has 188 valence electrons. The van der Waals surface area contributed by atoms with Gasteiger partial charge >= 0.3 is 6.03 Å². The van der Waals surface area contributed by atoms with Gasteiger partial charge in [-0.2, -0.15) is 0 Å². The number of piperazine rings is 1. The van der Waals surface area contributed by atoms with Gasteiger partial charge in [-0.1, -0.05) is 0 Å². The number of urea groups is 1. The summed E-state index contributed by atoms with van der Waals surface area (Å²) < 4.78 is 8.17. The van der Waals surface area contributed by atoms with E-state index in [-0.39, 0.29) is 16.6 Å². The van der Waals surface area contributed by atoms with Crippen LogP contribution in [0.3, 0.4) is 0 Å². The van der Waals surface area contributed by atoms with Crippen LogP contribution in [0.4, 0.5) is 16.2 Å². The lowest BCUT2D eigenvalue weighted by Gasteiger charge is -2.37. The van der Waals surface area contributed by atoms with Gasteiger partial charge in [0.1, 0.15) is 5.75 Å². The molecule has 5 rings (SSSR count). The molecule has 1 fully saturated rings. The molecule has 0 spiro atoms. The van der Waals surface area contributed by atoms with Crippen molar-refractivity contribution in [2.75, 3.05) is 31.1 Å². The Bertz CT molecular complexity index is 1310. The largest absolute Gasteiger partial charge is 0.467 e. The van der Waals surface area contributed by atoms with Crippen LogP contribution in [0.1, 0.15) is 29.2 Å². The molecule has 2 aromatic carbocycles. The molecular formula is C26H30N6O4. The summed E-state index contributed by atoms with van der Waals surface area (Å²) in [5.74, 6) is 0.641. The monoisotopic (exact) mass is 490 g/mol. The van der Waals surface area contributed by atoms with Gasteiger partial charge in [0, 0.05) is 78.6 Å². The van der Waals surface area contributed by atoms with Gasteiger partial charge in [0.15, 0.2) is 5.72 Å². The lowest BCUT2D eigenvalue weighted by molar-refractivity contribution is -0.386. The molecule has 3 heterocycles. The number of benzene rings is 2. The molecule has 2 amide bonds. The van der Waals surface area contributed by atoms with Crippen LogP contribution in [0.25, 0.3) is 5.69 Å². The summed E-state index contributed by atoms with van der Waals surface area (Å²) in [6.07, 6.45) is 5.81. The smallest absolute Gasteiger partial charge is 0.320 e. The summed E-state index contributed by atoms with van der Waals surface area (Å²) in [4.78, 5) is 32.6. The fraction of sp³-hybridized carbons (Fsp3) is 0.385. The third kappa shape index (κ3) is 4.12. The Kier molecular flexibility index (Phi) is 5.82. The summed E-state index contributed by atoms with van der Waals surface area (Å²) >= 11 is 0. The highest BCUT2D eigenvalue weighted by Gasteiger charge is 2.42. The van der Waals surface area contributed by atoms with E-state index in [2.05, 4.69) is 39.5 Å². The summed E-state index contributed by atoms with van der Waals surface area (Å²) in [6, 6.07) is 8.09. The maximum absolute atomic E-state index is 13.1. The number of anilines is 1. The van der Waals surface area contributed by atoms with Crippen LogP contribution in [0.5, 0.6) is 5.75 Å². The van der Waals surface area contributed by atoms with E-state index in [0.29, 0.717) is 36.4 Å². The topological polar surface area (TPSA) is 106 Å². The predicted octanol–water partition coefficient (Wildman–Crippen LogP) is 3.89. The number of carbonyl (C=O) groups excluding carboxylic acids is 1. The number of amides is 2. The predicted molar refractivity (Wildman–Crippen MR) is 136 cm³/mol. The molecule has 0 bridgehead atoms. The number of nitro groups is 1. The highest BCUT2D eigenvalue weighted by molar-refractivity contribution is 5.76. The summed E-state index contributed by atoms with van der Waals surface area (Å²) in [5, 5.41) is 14.7. The first kappa shape index (κ1) is 23.7. The van der Waals surface area contributed by atoms with E-state index in [1.54, 1.807) is 31.3 Å². The van der Waals surface area contributed by atoms with E-state index in [1.165, 1.54) is 0 Å². The van der Waals surface area contributed by atoms with Gasteiger partial charge < -0.3 is 19.1 Å². The van der Waals surface area contributed by atoms with Crippen LogP contribution in [0, 0.1) is 30.9 Å². The van der Waals surface area contributed by atoms with Crippen molar-refractivity contribution in [3.63, 3.8) is 0 Å². The number of hydrogen-bond donors (Lipinski definition) is 1.